The highest BCUT2D eigenvalue weighted by molar-refractivity contribution is 9.10. The van der Waals surface area contributed by atoms with E-state index < -0.39 is 0 Å². The third kappa shape index (κ3) is 2.50. The lowest BCUT2D eigenvalue weighted by atomic mass is 10.2. The van der Waals surface area contributed by atoms with Crippen LogP contribution in [0.1, 0.15) is 18.4 Å². The van der Waals surface area contributed by atoms with Gasteiger partial charge in [0.1, 0.15) is 0 Å². The minimum absolute atomic E-state index is 0.798. The Bertz CT molecular complexity index is 336. The fraction of sp³-hybridized carbons (Fsp3) is 0.455. The van der Waals surface area contributed by atoms with Crippen LogP contribution >= 0.6 is 27.5 Å². The highest BCUT2D eigenvalue weighted by atomic mass is 79.9. The molecule has 0 atom stereocenters. The van der Waals surface area contributed by atoms with Crippen molar-refractivity contribution in [3.8, 4) is 0 Å². The number of hydrogen-bond donors (Lipinski definition) is 0. The molecule has 1 fully saturated rings. The summed E-state index contributed by atoms with van der Waals surface area (Å²) >= 11 is 9.42. The Kier molecular flexibility index (Phi) is 3.15. The molecule has 2 rings (SSSR count). The van der Waals surface area contributed by atoms with Crippen LogP contribution in [0.3, 0.4) is 0 Å². The maximum absolute atomic E-state index is 6.03. The first-order valence-corrected chi connectivity index (χ1v) is 5.98. The van der Waals surface area contributed by atoms with E-state index in [0.717, 1.165) is 22.1 Å². The van der Waals surface area contributed by atoms with Crippen LogP contribution in [-0.2, 0) is 6.54 Å². The zero-order valence-corrected chi connectivity index (χ0v) is 10.5. The Labute approximate surface area is 98.2 Å². The summed E-state index contributed by atoms with van der Waals surface area (Å²) in [6.45, 7) is 0.998. The third-order valence-electron chi connectivity index (χ3n) is 2.59. The van der Waals surface area contributed by atoms with Crippen molar-refractivity contribution in [1.29, 1.82) is 0 Å². The largest absolute Gasteiger partial charge is 0.299 e. The molecule has 0 radical (unpaired) electrons. The van der Waals surface area contributed by atoms with Gasteiger partial charge in [0.25, 0.3) is 0 Å². The molecule has 76 valence electrons. The molecule has 14 heavy (non-hydrogen) atoms. The van der Waals surface area contributed by atoms with Crippen molar-refractivity contribution >= 4 is 27.5 Å². The molecule has 1 nitrogen and oxygen atoms in total. The Morgan fingerprint density at radius 3 is 2.79 bits per heavy atom. The molecular weight excluding hydrogens is 261 g/mol. The second kappa shape index (κ2) is 4.21. The predicted octanol–water partition coefficient (Wildman–Crippen LogP) is 3.70. The molecule has 1 aliphatic carbocycles. The Balaban J connectivity index is 2.04. The second-order valence-electron chi connectivity index (χ2n) is 3.89. The van der Waals surface area contributed by atoms with E-state index in [1.54, 1.807) is 0 Å². The molecule has 0 bridgehead atoms. The smallest absolute Gasteiger partial charge is 0.0551 e. The van der Waals surface area contributed by atoms with Crippen LogP contribution in [0.2, 0.25) is 5.02 Å². The lowest BCUT2D eigenvalue weighted by Crippen LogP contribution is -2.19. The molecule has 1 aliphatic rings. The lowest BCUT2D eigenvalue weighted by Gasteiger charge is -2.15. The monoisotopic (exact) mass is 273 g/mol. The van der Waals surface area contributed by atoms with E-state index in [1.165, 1.54) is 18.4 Å². The van der Waals surface area contributed by atoms with Gasteiger partial charge in [0.05, 0.1) is 5.02 Å². The Morgan fingerprint density at radius 1 is 1.50 bits per heavy atom. The second-order valence-corrected chi connectivity index (χ2v) is 5.16. The van der Waals surface area contributed by atoms with Gasteiger partial charge < -0.3 is 0 Å². The summed E-state index contributed by atoms with van der Waals surface area (Å²) in [5.74, 6) is 0. The number of hydrogen-bond acceptors (Lipinski definition) is 1. The van der Waals surface area contributed by atoms with Crippen LogP contribution in [-0.4, -0.2) is 18.0 Å². The predicted molar refractivity (Wildman–Crippen MR) is 63.6 cm³/mol. The zero-order valence-electron chi connectivity index (χ0n) is 8.13. The summed E-state index contributed by atoms with van der Waals surface area (Å²) < 4.78 is 0.969. The molecule has 0 N–H and O–H groups in total. The highest BCUT2D eigenvalue weighted by Crippen LogP contribution is 2.28. The normalized spacial score (nSPS) is 16.3. The molecular formula is C11H13BrClN. The highest BCUT2D eigenvalue weighted by Gasteiger charge is 2.25. The molecule has 0 heterocycles. The number of halogens is 2. The molecule has 1 aromatic carbocycles. The fourth-order valence-electron chi connectivity index (χ4n) is 1.57. The van der Waals surface area contributed by atoms with Crippen LogP contribution in [0.15, 0.2) is 22.7 Å². The van der Waals surface area contributed by atoms with E-state index >= 15 is 0 Å². The van der Waals surface area contributed by atoms with Crippen molar-refractivity contribution in [1.82, 2.24) is 4.90 Å². The molecule has 3 heteroatoms. The van der Waals surface area contributed by atoms with Crippen molar-refractivity contribution in [3.63, 3.8) is 0 Å². The van der Waals surface area contributed by atoms with E-state index in [0.29, 0.717) is 0 Å². The maximum Gasteiger partial charge on any atom is 0.0551 e. The number of benzene rings is 1. The number of nitrogens with zero attached hydrogens (tertiary/aromatic N) is 1. The average molecular weight is 275 g/mol. The van der Waals surface area contributed by atoms with Crippen LogP contribution in [0.5, 0.6) is 0 Å². The van der Waals surface area contributed by atoms with Crippen molar-refractivity contribution in [3.05, 3.63) is 33.3 Å². The molecule has 0 amide bonds. The molecule has 0 spiro atoms. The van der Waals surface area contributed by atoms with E-state index in [1.807, 2.05) is 12.1 Å². The van der Waals surface area contributed by atoms with Gasteiger partial charge in [-0.05, 0) is 53.5 Å². The number of rotatable bonds is 3. The van der Waals surface area contributed by atoms with Crippen LogP contribution in [0.4, 0.5) is 0 Å². The van der Waals surface area contributed by atoms with Gasteiger partial charge in [-0.2, -0.15) is 0 Å². The summed E-state index contributed by atoms with van der Waals surface area (Å²) in [6.07, 6.45) is 2.70. The Morgan fingerprint density at radius 2 is 2.21 bits per heavy atom. The van der Waals surface area contributed by atoms with Crippen LogP contribution < -0.4 is 0 Å². The Hall–Kier alpha value is -0.0500. The van der Waals surface area contributed by atoms with Gasteiger partial charge in [-0.15, -0.1) is 0 Å². The lowest BCUT2D eigenvalue weighted by molar-refractivity contribution is 0.316. The summed E-state index contributed by atoms with van der Waals surface area (Å²) in [5, 5.41) is 0.798. The van der Waals surface area contributed by atoms with Gasteiger partial charge >= 0.3 is 0 Å². The SMILES string of the molecule is CN(Cc1ccc(Br)c(Cl)c1)C1CC1. The topological polar surface area (TPSA) is 3.24 Å². The average Bonchev–Trinajstić information content (AvgIpc) is 2.94. The van der Waals surface area contributed by atoms with Crippen molar-refractivity contribution in [2.75, 3.05) is 7.05 Å². The third-order valence-corrected chi connectivity index (χ3v) is 3.82. The minimum atomic E-state index is 0.798. The zero-order chi connectivity index (χ0) is 10.1. The molecule has 0 unspecified atom stereocenters. The van der Waals surface area contributed by atoms with Gasteiger partial charge in [0.2, 0.25) is 0 Å². The molecule has 1 saturated carbocycles. The summed E-state index contributed by atoms with van der Waals surface area (Å²) in [6, 6.07) is 6.97. The van der Waals surface area contributed by atoms with E-state index in [2.05, 4.69) is 33.9 Å². The minimum Gasteiger partial charge on any atom is -0.299 e. The summed E-state index contributed by atoms with van der Waals surface area (Å²) in [7, 11) is 2.17. The first kappa shape index (κ1) is 10.5. The van der Waals surface area contributed by atoms with Gasteiger partial charge in [-0.1, -0.05) is 17.7 Å². The van der Waals surface area contributed by atoms with Crippen LogP contribution in [0, 0.1) is 0 Å². The molecule has 1 aromatic rings. The van der Waals surface area contributed by atoms with E-state index in [-0.39, 0.29) is 0 Å². The van der Waals surface area contributed by atoms with Gasteiger partial charge in [-0.25, -0.2) is 0 Å². The first-order chi connectivity index (χ1) is 6.66. The first-order valence-electron chi connectivity index (χ1n) is 4.81. The quantitative estimate of drug-likeness (QED) is 0.812. The van der Waals surface area contributed by atoms with Gasteiger partial charge in [-0.3, -0.25) is 4.90 Å². The molecule has 0 aliphatic heterocycles. The van der Waals surface area contributed by atoms with Crippen molar-refractivity contribution in [2.24, 2.45) is 0 Å². The van der Waals surface area contributed by atoms with Gasteiger partial charge in [0, 0.05) is 17.1 Å². The van der Waals surface area contributed by atoms with Gasteiger partial charge in [0.15, 0.2) is 0 Å². The fourth-order valence-corrected chi connectivity index (χ4v) is 2.02. The van der Waals surface area contributed by atoms with Crippen molar-refractivity contribution < 1.29 is 0 Å². The maximum atomic E-state index is 6.03. The van der Waals surface area contributed by atoms with Crippen molar-refractivity contribution in [2.45, 2.75) is 25.4 Å². The summed E-state index contributed by atoms with van der Waals surface area (Å²) in [5.41, 5.74) is 1.28. The molecule has 0 saturated heterocycles. The standard InChI is InChI=1S/C11H13BrClN/c1-14(9-3-4-9)7-8-2-5-10(12)11(13)6-8/h2,5-6,9H,3-4,7H2,1H3. The van der Waals surface area contributed by atoms with E-state index in [9.17, 15) is 0 Å². The van der Waals surface area contributed by atoms with Crippen LogP contribution in [0.25, 0.3) is 0 Å². The van der Waals surface area contributed by atoms with E-state index in [4.69, 9.17) is 11.6 Å². The summed E-state index contributed by atoms with van der Waals surface area (Å²) in [4.78, 5) is 2.39. The molecule has 0 aromatic heterocycles.